The molecule has 0 aliphatic rings. The van der Waals surface area contributed by atoms with E-state index in [-0.39, 0.29) is 11.4 Å². The maximum atomic E-state index is 13.2. The SMILES string of the molecule is N#Cc1cc(-c2ccc(F)cc2)c(-c2ccc(Cl)cc2Cl)[nH]c1=O. The van der Waals surface area contributed by atoms with Gasteiger partial charge in [-0.2, -0.15) is 5.26 Å². The van der Waals surface area contributed by atoms with E-state index in [0.29, 0.717) is 32.4 Å². The molecule has 0 amide bonds. The molecule has 0 saturated carbocycles. The number of halogens is 3. The predicted molar refractivity (Wildman–Crippen MR) is 92.6 cm³/mol. The number of H-pyrrole nitrogens is 1. The minimum atomic E-state index is -0.524. The summed E-state index contributed by atoms with van der Waals surface area (Å²) in [6.45, 7) is 0. The van der Waals surface area contributed by atoms with Crippen LogP contribution in [0.25, 0.3) is 22.4 Å². The standard InChI is InChI=1S/C18H9Cl2FN2O/c19-12-3-6-14(16(20)8-12)17-15(7-11(9-22)18(24)23-17)10-1-4-13(21)5-2-10/h1-8H,(H,23,24). The highest BCUT2D eigenvalue weighted by atomic mass is 35.5. The summed E-state index contributed by atoms with van der Waals surface area (Å²) in [7, 11) is 0. The highest BCUT2D eigenvalue weighted by Gasteiger charge is 2.15. The summed E-state index contributed by atoms with van der Waals surface area (Å²) in [5, 5.41) is 9.93. The lowest BCUT2D eigenvalue weighted by atomic mass is 9.98. The van der Waals surface area contributed by atoms with Gasteiger partial charge in [0.1, 0.15) is 17.4 Å². The van der Waals surface area contributed by atoms with Gasteiger partial charge in [0.05, 0.1) is 10.7 Å². The van der Waals surface area contributed by atoms with Crippen LogP contribution in [0.5, 0.6) is 0 Å². The third-order valence-corrected chi connectivity index (χ3v) is 4.07. The van der Waals surface area contributed by atoms with Gasteiger partial charge in [0.2, 0.25) is 0 Å². The number of pyridine rings is 1. The second kappa shape index (κ2) is 6.48. The molecule has 3 nitrogen and oxygen atoms in total. The van der Waals surface area contributed by atoms with Crippen LogP contribution in [0, 0.1) is 17.1 Å². The van der Waals surface area contributed by atoms with Crippen LogP contribution in [-0.2, 0) is 0 Å². The molecule has 0 radical (unpaired) electrons. The zero-order valence-corrected chi connectivity index (χ0v) is 13.6. The molecule has 0 fully saturated rings. The number of hydrogen-bond donors (Lipinski definition) is 1. The molecule has 0 unspecified atom stereocenters. The van der Waals surface area contributed by atoms with Gasteiger partial charge in [0.15, 0.2) is 0 Å². The number of hydrogen-bond acceptors (Lipinski definition) is 2. The number of aromatic amines is 1. The molecule has 3 rings (SSSR count). The van der Waals surface area contributed by atoms with Crippen molar-refractivity contribution in [3.8, 4) is 28.5 Å². The summed E-state index contributed by atoms with van der Waals surface area (Å²) < 4.78 is 13.2. The Hall–Kier alpha value is -2.61. The largest absolute Gasteiger partial charge is 0.320 e. The lowest BCUT2D eigenvalue weighted by Gasteiger charge is -2.12. The van der Waals surface area contributed by atoms with Crippen molar-refractivity contribution >= 4 is 23.2 Å². The molecule has 0 aliphatic carbocycles. The molecule has 118 valence electrons. The van der Waals surface area contributed by atoms with E-state index in [1.54, 1.807) is 30.3 Å². The average molecular weight is 359 g/mol. The van der Waals surface area contributed by atoms with Crippen LogP contribution in [-0.4, -0.2) is 4.98 Å². The third kappa shape index (κ3) is 3.05. The number of nitrogens with zero attached hydrogens (tertiary/aromatic N) is 1. The first-order valence-corrected chi connectivity index (χ1v) is 7.64. The van der Waals surface area contributed by atoms with Crippen molar-refractivity contribution in [2.75, 3.05) is 0 Å². The van der Waals surface area contributed by atoms with E-state index in [0.717, 1.165) is 0 Å². The molecular weight excluding hydrogens is 350 g/mol. The van der Waals surface area contributed by atoms with E-state index in [9.17, 15) is 9.18 Å². The molecule has 2 aromatic carbocycles. The fraction of sp³-hybridized carbons (Fsp3) is 0. The van der Waals surface area contributed by atoms with Crippen LogP contribution >= 0.6 is 23.2 Å². The van der Waals surface area contributed by atoms with Crippen LogP contribution in [0.3, 0.4) is 0 Å². The number of nitrogens with one attached hydrogen (secondary N) is 1. The van der Waals surface area contributed by atoms with Gasteiger partial charge in [-0.25, -0.2) is 4.39 Å². The molecule has 6 heteroatoms. The molecular formula is C18H9Cl2FN2O. The molecule has 0 aliphatic heterocycles. The van der Waals surface area contributed by atoms with E-state index in [2.05, 4.69) is 4.98 Å². The first-order valence-electron chi connectivity index (χ1n) is 6.88. The highest BCUT2D eigenvalue weighted by Crippen LogP contribution is 2.35. The molecule has 0 atom stereocenters. The molecule has 1 N–H and O–H groups in total. The van der Waals surface area contributed by atoms with E-state index >= 15 is 0 Å². The van der Waals surface area contributed by atoms with Crippen molar-refractivity contribution in [1.29, 1.82) is 5.26 Å². The topological polar surface area (TPSA) is 56.6 Å². The maximum Gasteiger partial charge on any atom is 0.266 e. The first kappa shape index (κ1) is 16.3. The minimum Gasteiger partial charge on any atom is -0.320 e. The summed E-state index contributed by atoms with van der Waals surface area (Å²) in [6, 6.07) is 13.9. The summed E-state index contributed by atoms with van der Waals surface area (Å²) in [4.78, 5) is 14.7. The Morgan fingerprint density at radius 2 is 1.71 bits per heavy atom. The Morgan fingerprint density at radius 3 is 2.33 bits per heavy atom. The fourth-order valence-electron chi connectivity index (χ4n) is 2.38. The zero-order chi connectivity index (χ0) is 17.3. The maximum absolute atomic E-state index is 13.2. The molecule has 0 saturated heterocycles. The Kier molecular flexibility index (Phi) is 4.39. The van der Waals surface area contributed by atoms with Gasteiger partial charge in [-0.1, -0.05) is 35.3 Å². The summed E-state index contributed by atoms with van der Waals surface area (Å²) in [5.41, 5.74) is 1.64. The second-order valence-corrected chi connectivity index (χ2v) is 5.89. The third-order valence-electron chi connectivity index (χ3n) is 3.52. The van der Waals surface area contributed by atoms with Crippen molar-refractivity contribution in [3.63, 3.8) is 0 Å². The predicted octanol–water partition coefficient (Wildman–Crippen LogP) is 5.03. The van der Waals surface area contributed by atoms with E-state index in [4.69, 9.17) is 28.5 Å². The zero-order valence-electron chi connectivity index (χ0n) is 12.1. The van der Waals surface area contributed by atoms with Gasteiger partial charge in [-0.3, -0.25) is 4.79 Å². The van der Waals surface area contributed by atoms with Crippen molar-refractivity contribution in [1.82, 2.24) is 4.98 Å². The Morgan fingerprint density at radius 1 is 1.00 bits per heavy atom. The van der Waals surface area contributed by atoms with E-state index < -0.39 is 5.56 Å². The Bertz CT molecular complexity index is 1020. The van der Waals surface area contributed by atoms with Gasteiger partial charge in [-0.05, 0) is 42.0 Å². The molecule has 0 spiro atoms. The van der Waals surface area contributed by atoms with Gasteiger partial charge in [0, 0.05) is 16.1 Å². The summed E-state index contributed by atoms with van der Waals surface area (Å²) in [6.07, 6.45) is 0. The fourth-order valence-corrected chi connectivity index (χ4v) is 2.88. The molecule has 3 aromatic rings. The normalized spacial score (nSPS) is 10.4. The number of aromatic nitrogens is 1. The number of benzene rings is 2. The van der Waals surface area contributed by atoms with Gasteiger partial charge >= 0.3 is 0 Å². The molecule has 1 aromatic heterocycles. The Balaban J connectivity index is 2.32. The monoisotopic (exact) mass is 358 g/mol. The summed E-state index contributed by atoms with van der Waals surface area (Å²) in [5.74, 6) is -0.380. The minimum absolute atomic E-state index is 0.0387. The van der Waals surface area contributed by atoms with Crippen molar-refractivity contribution in [2.24, 2.45) is 0 Å². The molecule has 0 bridgehead atoms. The molecule has 1 heterocycles. The van der Waals surface area contributed by atoms with Gasteiger partial charge in [0.25, 0.3) is 5.56 Å². The van der Waals surface area contributed by atoms with Gasteiger partial charge < -0.3 is 4.98 Å². The quantitative estimate of drug-likeness (QED) is 0.698. The lowest BCUT2D eigenvalue weighted by molar-refractivity contribution is 0.628. The first-order chi connectivity index (χ1) is 11.5. The summed E-state index contributed by atoms with van der Waals surface area (Å²) >= 11 is 12.2. The number of nitriles is 1. The van der Waals surface area contributed by atoms with Crippen LogP contribution in [0.2, 0.25) is 10.0 Å². The van der Waals surface area contributed by atoms with Crippen molar-refractivity contribution in [3.05, 3.63) is 80.3 Å². The highest BCUT2D eigenvalue weighted by molar-refractivity contribution is 6.36. The van der Waals surface area contributed by atoms with Crippen LogP contribution in [0.15, 0.2) is 53.3 Å². The van der Waals surface area contributed by atoms with E-state index in [1.165, 1.54) is 18.2 Å². The van der Waals surface area contributed by atoms with Crippen LogP contribution in [0.1, 0.15) is 5.56 Å². The van der Waals surface area contributed by atoms with Crippen molar-refractivity contribution < 1.29 is 4.39 Å². The van der Waals surface area contributed by atoms with Crippen LogP contribution in [0.4, 0.5) is 4.39 Å². The number of rotatable bonds is 2. The Labute approximate surface area is 146 Å². The lowest BCUT2D eigenvalue weighted by Crippen LogP contribution is -2.12. The smallest absolute Gasteiger partial charge is 0.266 e. The van der Waals surface area contributed by atoms with Gasteiger partial charge in [-0.15, -0.1) is 0 Å². The average Bonchev–Trinajstić information content (AvgIpc) is 2.56. The second-order valence-electron chi connectivity index (χ2n) is 5.04. The van der Waals surface area contributed by atoms with Crippen molar-refractivity contribution in [2.45, 2.75) is 0 Å². The molecule has 24 heavy (non-hydrogen) atoms. The van der Waals surface area contributed by atoms with E-state index in [1.807, 2.05) is 6.07 Å². The van der Waals surface area contributed by atoms with Crippen LogP contribution < -0.4 is 5.56 Å².